The van der Waals surface area contributed by atoms with Gasteiger partial charge in [-0.1, -0.05) is 12.1 Å². The van der Waals surface area contributed by atoms with Crippen LogP contribution in [0.1, 0.15) is 23.1 Å². The molecule has 9 heteroatoms. The fraction of sp³-hybridized carbons (Fsp3) is 0.316. The van der Waals surface area contributed by atoms with E-state index >= 15 is 0 Å². The summed E-state index contributed by atoms with van der Waals surface area (Å²) in [5.74, 6) is -0.289. The number of carboxylic acids is 1. The Bertz CT molecular complexity index is 1120. The number of anilines is 1. The number of nitrogens with one attached hydrogen (secondary N) is 1. The monoisotopic (exact) mass is 401 g/mol. The zero-order valence-electron chi connectivity index (χ0n) is 16.0. The second-order valence-electron chi connectivity index (χ2n) is 6.90. The summed E-state index contributed by atoms with van der Waals surface area (Å²) in [5.41, 5.74) is 3.99. The molecule has 0 aliphatic carbocycles. The molecule has 28 heavy (non-hydrogen) atoms. The SMILES string of the molecule is Cc1cc2ncnn2c(N(C)C)c1Cc1ccc(S(=N)(=O)CCC(=O)O)cc1. The van der Waals surface area contributed by atoms with Crippen LogP contribution in [0, 0.1) is 11.7 Å². The lowest BCUT2D eigenvalue weighted by Gasteiger charge is -2.20. The number of hydrogen-bond acceptors (Lipinski definition) is 6. The summed E-state index contributed by atoms with van der Waals surface area (Å²) < 4.78 is 22.2. The first-order valence-corrected chi connectivity index (χ1v) is 10.5. The molecule has 3 rings (SSSR count). The van der Waals surface area contributed by atoms with E-state index in [-0.39, 0.29) is 12.2 Å². The third-order valence-electron chi connectivity index (χ3n) is 4.58. The molecule has 2 N–H and O–H groups in total. The van der Waals surface area contributed by atoms with Crippen LogP contribution < -0.4 is 4.90 Å². The third-order valence-corrected chi connectivity index (χ3v) is 6.39. The number of rotatable bonds is 7. The van der Waals surface area contributed by atoms with Gasteiger partial charge in [-0.15, -0.1) is 0 Å². The zero-order chi connectivity index (χ0) is 20.5. The van der Waals surface area contributed by atoms with Crippen molar-refractivity contribution < 1.29 is 14.1 Å². The maximum Gasteiger partial charge on any atom is 0.304 e. The number of carbonyl (C=O) groups is 1. The Morgan fingerprint density at radius 3 is 2.57 bits per heavy atom. The molecule has 0 saturated heterocycles. The molecule has 0 radical (unpaired) electrons. The number of pyridine rings is 1. The van der Waals surface area contributed by atoms with Crippen LogP contribution in [0.2, 0.25) is 0 Å². The molecule has 0 amide bonds. The highest BCUT2D eigenvalue weighted by Crippen LogP contribution is 2.27. The van der Waals surface area contributed by atoms with Gasteiger partial charge in [0.1, 0.15) is 12.1 Å². The van der Waals surface area contributed by atoms with Crippen molar-refractivity contribution in [1.29, 1.82) is 4.78 Å². The third kappa shape index (κ3) is 3.99. The number of aliphatic carboxylic acids is 1. The molecule has 3 aromatic rings. The molecule has 0 bridgehead atoms. The fourth-order valence-corrected chi connectivity index (χ4v) is 4.43. The largest absolute Gasteiger partial charge is 0.481 e. The number of benzene rings is 1. The first kappa shape index (κ1) is 19.8. The van der Waals surface area contributed by atoms with Gasteiger partial charge >= 0.3 is 5.97 Å². The van der Waals surface area contributed by atoms with Gasteiger partial charge in [0, 0.05) is 36.7 Å². The molecule has 8 nitrogen and oxygen atoms in total. The molecule has 2 aromatic heterocycles. The molecule has 148 valence electrons. The van der Waals surface area contributed by atoms with E-state index in [4.69, 9.17) is 9.89 Å². The molecule has 0 aliphatic heterocycles. The van der Waals surface area contributed by atoms with E-state index in [1.807, 2.05) is 44.1 Å². The second-order valence-corrected chi connectivity index (χ2v) is 9.13. The van der Waals surface area contributed by atoms with E-state index < -0.39 is 15.7 Å². The van der Waals surface area contributed by atoms with Gasteiger partial charge < -0.3 is 10.0 Å². The maximum atomic E-state index is 12.5. The molecule has 0 aliphatic rings. The minimum Gasteiger partial charge on any atom is -0.481 e. The van der Waals surface area contributed by atoms with Gasteiger partial charge in [-0.2, -0.15) is 9.61 Å². The molecule has 2 heterocycles. The van der Waals surface area contributed by atoms with Gasteiger partial charge in [-0.3, -0.25) is 4.79 Å². The Morgan fingerprint density at radius 1 is 1.29 bits per heavy atom. The topological polar surface area (TPSA) is 112 Å². The van der Waals surface area contributed by atoms with Gasteiger partial charge in [0.05, 0.1) is 16.1 Å². The Hall–Kier alpha value is -2.94. The van der Waals surface area contributed by atoms with Crippen molar-refractivity contribution in [3.8, 4) is 0 Å². The average molecular weight is 401 g/mol. The Labute approximate surface area is 163 Å². The van der Waals surface area contributed by atoms with Crippen molar-refractivity contribution >= 4 is 27.2 Å². The summed E-state index contributed by atoms with van der Waals surface area (Å²) in [7, 11) is 0.810. The van der Waals surface area contributed by atoms with E-state index in [1.165, 1.54) is 6.33 Å². The number of hydrogen-bond donors (Lipinski definition) is 2. The number of carboxylic acid groups (broad SMARTS) is 1. The molecular formula is C19H23N5O3S. The first-order chi connectivity index (χ1) is 13.2. The van der Waals surface area contributed by atoms with Crippen molar-refractivity contribution in [3.05, 3.63) is 53.3 Å². The van der Waals surface area contributed by atoms with Crippen LogP contribution in [-0.2, 0) is 20.9 Å². The van der Waals surface area contributed by atoms with Crippen LogP contribution in [0.4, 0.5) is 5.82 Å². The smallest absolute Gasteiger partial charge is 0.304 e. The molecule has 0 spiro atoms. The molecule has 0 fully saturated rings. The predicted molar refractivity (Wildman–Crippen MR) is 108 cm³/mol. The second kappa shape index (κ2) is 7.59. The van der Waals surface area contributed by atoms with Crippen molar-refractivity contribution in [2.24, 2.45) is 0 Å². The summed E-state index contributed by atoms with van der Waals surface area (Å²) in [4.78, 5) is 17.3. The number of aryl methyl sites for hydroxylation is 1. The fourth-order valence-electron chi connectivity index (χ4n) is 3.15. The lowest BCUT2D eigenvalue weighted by atomic mass is 10.0. The van der Waals surface area contributed by atoms with E-state index in [0.29, 0.717) is 11.3 Å². The number of nitrogens with zero attached hydrogens (tertiary/aromatic N) is 4. The van der Waals surface area contributed by atoms with Crippen LogP contribution in [0.15, 0.2) is 41.6 Å². The standard InChI is InChI=1S/C19H23N5O3S/c1-13-10-17-21-12-22-24(17)19(23(2)3)16(13)11-14-4-6-15(7-5-14)28(20,27)9-8-18(25)26/h4-7,10,12,20H,8-9,11H2,1-3H3,(H,25,26). The minimum atomic E-state index is -3.11. The minimum absolute atomic E-state index is 0.186. The van der Waals surface area contributed by atoms with E-state index in [0.717, 1.165) is 28.2 Å². The lowest BCUT2D eigenvalue weighted by molar-refractivity contribution is -0.136. The zero-order valence-corrected chi connectivity index (χ0v) is 16.9. The normalized spacial score (nSPS) is 13.4. The summed E-state index contributed by atoms with van der Waals surface area (Å²) in [5, 5.41) is 13.1. The maximum absolute atomic E-state index is 12.5. The van der Waals surface area contributed by atoms with Crippen molar-refractivity contribution in [2.75, 3.05) is 24.7 Å². The lowest BCUT2D eigenvalue weighted by Crippen LogP contribution is -2.17. The van der Waals surface area contributed by atoms with Crippen molar-refractivity contribution in [2.45, 2.75) is 24.7 Å². The van der Waals surface area contributed by atoms with Crippen molar-refractivity contribution in [1.82, 2.24) is 14.6 Å². The van der Waals surface area contributed by atoms with Crippen LogP contribution in [0.5, 0.6) is 0 Å². The van der Waals surface area contributed by atoms with E-state index in [2.05, 4.69) is 10.1 Å². The van der Waals surface area contributed by atoms with E-state index in [1.54, 1.807) is 16.6 Å². The number of aromatic nitrogens is 3. The van der Waals surface area contributed by atoms with Crippen LogP contribution in [0.3, 0.4) is 0 Å². The highest BCUT2D eigenvalue weighted by Gasteiger charge is 2.16. The van der Waals surface area contributed by atoms with Crippen LogP contribution in [-0.4, -0.2) is 49.7 Å². The average Bonchev–Trinajstić information content (AvgIpc) is 3.08. The number of fused-ring (bicyclic) bond motifs is 1. The highest BCUT2D eigenvalue weighted by molar-refractivity contribution is 7.92. The van der Waals surface area contributed by atoms with Crippen LogP contribution >= 0.6 is 0 Å². The Balaban J connectivity index is 1.92. The van der Waals surface area contributed by atoms with Gasteiger partial charge in [-0.05, 0) is 36.2 Å². The summed E-state index contributed by atoms with van der Waals surface area (Å²) in [6.07, 6.45) is 1.89. The Morgan fingerprint density at radius 2 is 1.96 bits per heavy atom. The molecule has 1 unspecified atom stereocenters. The van der Waals surface area contributed by atoms with Gasteiger partial charge in [0.2, 0.25) is 0 Å². The predicted octanol–water partition coefficient (Wildman–Crippen LogP) is 2.57. The van der Waals surface area contributed by atoms with Gasteiger partial charge in [-0.25, -0.2) is 14.0 Å². The summed E-state index contributed by atoms with van der Waals surface area (Å²) in [6, 6.07) is 8.99. The molecule has 1 aromatic carbocycles. The summed E-state index contributed by atoms with van der Waals surface area (Å²) in [6.45, 7) is 2.04. The van der Waals surface area contributed by atoms with Gasteiger partial charge in [0.15, 0.2) is 5.65 Å². The molecule has 0 saturated carbocycles. The summed E-state index contributed by atoms with van der Waals surface area (Å²) >= 11 is 0. The first-order valence-electron chi connectivity index (χ1n) is 8.76. The Kier molecular flexibility index (Phi) is 5.37. The van der Waals surface area contributed by atoms with Gasteiger partial charge in [0.25, 0.3) is 0 Å². The quantitative estimate of drug-likeness (QED) is 0.629. The van der Waals surface area contributed by atoms with Crippen LogP contribution in [0.25, 0.3) is 5.65 Å². The highest BCUT2D eigenvalue weighted by atomic mass is 32.2. The molecule has 1 atom stereocenters. The van der Waals surface area contributed by atoms with E-state index in [9.17, 15) is 9.00 Å². The molecular weight excluding hydrogens is 378 g/mol. The van der Waals surface area contributed by atoms with Crippen molar-refractivity contribution in [3.63, 3.8) is 0 Å².